The van der Waals surface area contributed by atoms with E-state index in [1.54, 1.807) is 4.90 Å². The van der Waals surface area contributed by atoms with Crippen LogP contribution in [0.5, 0.6) is 0 Å². The van der Waals surface area contributed by atoms with Crippen LogP contribution in [0.25, 0.3) is 0 Å². The van der Waals surface area contributed by atoms with Crippen molar-refractivity contribution in [3.63, 3.8) is 0 Å². The molecule has 0 unspecified atom stereocenters. The van der Waals surface area contributed by atoms with Crippen LogP contribution >= 0.6 is 11.6 Å². The lowest BCUT2D eigenvalue weighted by Crippen LogP contribution is -2.42. The van der Waals surface area contributed by atoms with Crippen LogP contribution in [0.15, 0.2) is 24.4 Å². The van der Waals surface area contributed by atoms with E-state index < -0.39 is 23.4 Å². The van der Waals surface area contributed by atoms with Crippen molar-refractivity contribution in [1.82, 2.24) is 4.98 Å². The first kappa shape index (κ1) is 20.8. The SMILES string of the molecule is O=C(C1CCN(c2ncc(C(F)(F)F)cc2Cl)CC1)N1CCc2c(F)cc(F)cc21. The van der Waals surface area contributed by atoms with Gasteiger partial charge in [0, 0.05) is 43.4 Å². The number of fused-ring (bicyclic) bond motifs is 1. The van der Waals surface area contributed by atoms with Gasteiger partial charge in [0.2, 0.25) is 5.91 Å². The third-order valence-corrected chi connectivity index (χ3v) is 5.85. The lowest BCUT2D eigenvalue weighted by molar-refractivity contribution is -0.137. The van der Waals surface area contributed by atoms with E-state index in [-0.39, 0.29) is 28.4 Å². The molecule has 1 aromatic carbocycles. The zero-order chi connectivity index (χ0) is 21.6. The molecule has 4 rings (SSSR count). The Kier molecular flexibility index (Phi) is 5.34. The molecule has 160 valence electrons. The average Bonchev–Trinajstić information content (AvgIpc) is 3.11. The van der Waals surface area contributed by atoms with Crippen LogP contribution in [0, 0.1) is 17.6 Å². The Balaban J connectivity index is 1.44. The van der Waals surface area contributed by atoms with E-state index in [0.717, 1.165) is 18.3 Å². The number of hydrogen-bond donors (Lipinski definition) is 0. The maximum absolute atomic E-state index is 13.9. The van der Waals surface area contributed by atoms with Gasteiger partial charge in [-0.1, -0.05) is 11.6 Å². The molecule has 0 bridgehead atoms. The third kappa shape index (κ3) is 3.82. The predicted octanol–water partition coefficient (Wildman–Crippen LogP) is 4.84. The Bertz CT molecular complexity index is 989. The number of amides is 1. The zero-order valence-electron chi connectivity index (χ0n) is 15.6. The third-order valence-electron chi connectivity index (χ3n) is 5.57. The average molecular weight is 446 g/mol. The van der Waals surface area contributed by atoms with Crippen molar-refractivity contribution in [2.45, 2.75) is 25.4 Å². The summed E-state index contributed by atoms with van der Waals surface area (Å²) in [6, 6.07) is 2.82. The summed E-state index contributed by atoms with van der Waals surface area (Å²) >= 11 is 6.01. The second-order valence-corrected chi connectivity index (χ2v) is 7.82. The molecule has 1 fully saturated rings. The van der Waals surface area contributed by atoms with E-state index in [4.69, 9.17) is 11.6 Å². The van der Waals surface area contributed by atoms with Crippen LogP contribution < -0.4 is 9.80 Å². The molecular formula is C20H17ClF5N3O. The van der Waals surface area contributed by atoms with Gasteiger partial charge in [0.15, 0.2) is 0 Å². The molecule has 2 aliphatic heterocycles. The number of carbonyl (C=O) groups is 1. The predicted molar refractivity (Wildman–Crippen MR) is 102 cm³/mol. The molecule has 0 aliphatic carbocycles. The van der Waals surface area contributed by atoms with E-state index >= 15 is 0 Å². The summed E-state index contributed by atoms with van der Waals surface area (Å²) in [7, 11) is 0. The number of rotatable bonds is 2. The Morgan fingerprint density at radius 2 is 1.80 bits per heavy atom. The number of carbonyl (C=O) groups excluding carboxylic acids is 1. The largest absolute Gasteiger partial charge is 0.417 e. The molecule has 1 aromatic heterocycles. The molecule has 2 aromatic rings. The van der Waals surface area contributed by atoms with Gasteiger partial charge in [0.05, 0.1) is 16.3 Å². The maximum Gasteiger partial charge on any atom is 0.417 e. The fourth-order valence-electron chi connectivity index (χ4n) is 4.03. The van der Waals surface area contributed by atoms with Gasteiger partial charge in [-0.25, -0.2) is 13.8 Å². The Morgan fingerprint density at radius 3 is 2.43 bits per heavy atom. The highest BCUT2D eigenvalue weighted by Crippen LogP contribution is 2.36. The maximum atomic E-state index is 13.9. The summed E-state index contributed by atoms with van der Waals surface area (Å²) in [5.74, 6) is -1.70. The van der Waals surface area contributed by atoms with Gasteiger partial charge in [-0.3, -0.25) is 4.79 Å². The summed E-state index contributed by atoms with van der Waals surface area (Å²) in [5, 5.41) is -0.103. The Labute approximate surface area is 174 Å². The van der Waals surface area contributed by atoms with E-state index in [1.807, 2.05) is 0 Å². The minimum absolute atomic E-state index is 0.103. The topological polar surface area (TPSA) is 36.4 Å². The number of halogens is 6. The molecule has 0 N–H and O–H groups in total. The minimum atomic E-state index is -4.53. The van der Waals surface area contributed by atoms with Gasteiger partial charge in [-0.15, -0.1) is 0 Å². The smallest absolute Gasteiger partial charge is 0.355 e. The standard InChI is InChI=1S/C20H17ClF5N3O/c21-15-7-12(20(24,25)26)10-27-18(15)28-4-1-11(2-5-28)19(30)29-6-3-14-16(23)8-13(22)9-17(14)29/h7-11H,1-6H2. The monoisotopic (exact) mass is 445 g/mol. The molecule has 1 saturated heterocycles. The van der Waals surface area contributed by atoms with Crippen molar-refractivity contribution >= 4 is 29.0 Å². The molecular weight excluding hydrogens is 429 g/mol. The molecule has 1 amide bonds. The lowest BCUT2D eigenvalue weighted by atomic mass is 9.95. The minimum Gasteiger partial charge on any atom is -0.355 e. The molecule has 0 radical (unpaired) electrons. The Hall–Kier alpha value is -2.42. The van der Waals surface area contributed by atoms with Gasteiger partial charge in [-0.2, -0.15) is 13.2 Å². The van der Waals surface area contributed by atoms with Gasteiger partial charge >= 0.3 is 6.18 Å². The highest BCUT2D eigenvalue weighted by Gasteiger charge is 2.35. The van der Waals surface area contributed by atoms with Crippen molar-refractivity contribution in [1.29, 1.82) is 0 Å². The summed E-state index contributed by atoms with van der Waals surface area (Å²) < 4.78 is 65.9. The van der Waals surface area contributed by atoms with Crippen LogP contribution in [-0.4, -0.2) is 30.5 Å². The second kappa shape index (κ2) is 7.68. The first-order valence-electron chi connectivity index (χ1n) is 9.42. The number of pyridine rings is 1. The van der Waals surface area contributed by atoms with Crippen LogP contribution in [0.1, 0.15) is 24.0 Å². The molecule has 2 aliphatic rings. The molecule has 30 heavy (non-hydrogen) atoms. The number of benzene rings is 1. The highest BCUT2D eigenvalue weighted by atomic mass is 35.5. The molecule has 0 spiro atoms. The Morgan fingerprint density at radius 1 is 1.10 bits per heavy atom. The number of aromatic nitrogens is 1. The number of piperidine rings is 1. The van der Waals surface area contributed by atoms with Gasteiger partial charge in [0.25, 0.3) is 0 Å². The van der Waals surface area contributed by atoms with Crippen molar-refractivity contribution in [3.8, 4) is 0 Å². The van der Waals surface area contributed by atoms with Crippen LogP contribution in [0.2, 0.25) is 5.02 Å². The summed E-state index contributed by atoms with van der Waals surface area (Å²) in [6.45, 7) is 1.06. The van der Waals surface area contributed by atoms with Crippen LogP contribution in [0.4, 0.5) is 33.5 Å². The van der Waals surface area contributed by atoms with Gasteiger partial charge in [-0.05, 0) is 31.4 Å². The summed E-state index contributed by atoms with van der Waals surface area (Å²) in [4.78, 5) is 20.0. The van der Waals surface area contributed by atoms with Crippen LogP contribution in [-0.2, 0) is 17.4 Å². The van der Waals surface area contributed by atoms with Gasteiger partial charge in [0.1, 0.15) is 17.5 Å². The quantitative estimate of drug-likeness (QED) is 0.621. The number of anilines is 2. The highest BCUT2D eigenvalue weighted by molar-refractivity contribution is 6.33. The van der Waals surface area contributed by atoms with Crippen LogP contribution in [0.3, 0.4) is 0 Å². The van der Waals surface area contributed by atoms with Crippen molar-refractivity contribution in [3.05, 3.63) is 52.2 Å². The zero-order valence-corrected chi connectivity index (χ0v) is 16.4. The molecule has 0 atom stereocenters. The van der Waals surface area contributed by atoms with Crippen molar-refractivity contribution in [2.75, 3.05) is 29.4 Å². The van der Waals surface area contributed by atoms with E-state index in [0.29, 0.717) is 44.5 Å². The normalized spacial score (nSPS) is 17.4. The van der Waals surface area contributed by atoms with E-state index in [1.165, 1.54) is 11.0 Å². The summed E-state index contributed by atoms with van der Waals surface area (Å²) in [5.41, 5.74) is -0.316. The molecule has 3 heterocycles. The number of alkyl halides is 3. The van der Waals surface area contributed by atoms with E-state index in [2.05, 4.69) is 4.98 Å². The molecule has 10 heteroatoms. The van der Waals surface area contributed by atoms with Crippen molar-refractivity contribution < 1.29 is 26.7 Å². The van der Waals surface area contributed by atoms with Crippen molar-refractivity contribution in [2.24, 2.45) is 5.92 Å². The number of hydrogen-bond acceptors (Lipinski definition) is 3. The second-order valence-electron chi connectivity index (χ2n) is 7.41. The summed E-state index contributed by atoms with van der Waals surface area (Å²) in [6.07, 6.45) is -2.59. The number of nitrogens with zero attached hydrogens (tertiary/aromatic N) is 3. The molecule has 0 saturated carbocycles. The first-order valence-corrected chi connectivity index (χ1v) is 9.80. The molecule has 4 nitrogen and oxygen atoms in total. The lowest BCUT2D eigenvalue weighted by Gasteiger charge is -2.34. The fraction of sp³-hybridized carbons (Fsp3) is 0.400. The van der Waals surface area contributed by atoms with Gasteiger partial charge < -0.3 is 9.80 Å². The fourth-order valence-corrected chi connectivity index (χ4v) is 4.31. The first-order chi connectivity index (χ1) is 14.1. The van der Waals surface area contributed by atoms with E-state index in [9.17, 15) is 26.7 Å².